The van der Waals surface area contributed by atoms with E-state index in [4.69, 9.17) is 5.11 Å². The Morgan fingerprint density at radius 1 is 1.00 bits per heavy atom. The molecule has 0 atom stereocenters. The average Bonchev–Trinajstić information content (AvgIpc) is 2.46. The first-order valence-electron chi connectivity index (χ1n) is 6.75. The highest BCUT2D eigenvalue weighted by atomic mass is 16.4. The molecule has 0 aromatic heterocycles. The lowest BCUT2D eigenvalue weighted by atomic mass is 9.95. The molecule has 104 valence electrons. The summed E-state index contributed by atoms with van der Waals surface area (Å²) in [5.41, 5.74) is 4.22. The van der Waals surface area contributed by atoms with E-state index < -0.39 is 5.97 Å². The predicted molar refractivity (Wildman–Crippen MR) is 79.3 cm³/mol. The molecule has 2 aromatic rings. The van der Waals surface area contributed by atoms with E-state index in [9.17, 15) is 9.90 Å². The van der Waals surface area contributed by atoms with Crippen molar-refractivity contribution in [3.63, 3.8) is 0 Å². The molecule has 0 heterocycles. The predicted octanol–water partition coefficient (Wildman–Crippen LogP) is 3.88. The van der Waals surface area contributed by atoms with Crippen LogP contribution in [0.2, 0.25) is 0 Å². The fourth-order valence-corrected chi connectivity index (χ4v) is 2.38. The van der Waals surface area contributed by atoms with Gasteiger partial charge >= 0.3 is 5.97 Å². The van der Waals surface area contributed by atoms with E-state index in [0.717, 1.165) is 18.4 Å². The number of rotatable bonds is 4. The smallest absolute Gasteiger partial charge is 0.335 e. The highest BCUT2D eigenvalue weighted by molar-refractivity contribution is 5.89. The molecular formula is C17H18O3. The van der Waals surface area contributed by atoms with Crippen molar-refractivity contribution in [3.8, 4) is 16.9 Å². The van der Waals surface area contributed by atoms with Crippen LogP contribution >= 0.6 is 0 Å². The van der Waals surface area contributed by atoms with Crippen molar-refractivity contribution in [2.24, 2.45) is 0 Å². The van der Waals surface area contributed by atoms with Gasteiger partial charge in [-0.3, -0.25) is 0 Å². The summed E-state index contributed by atoms with van der Waals surface area (Å²) in [5, 5.41) is 18.9. The summed E-state index contributed by atoms with van der Waals surface area (Å²) in [4.78, 5) is 10.9. The van der Waals surface area contributed by atoms with Crippen molar-refractivity contribution in [2.75, 3.05) is 0 Å². The Morgan fingerprint density at radius 2 is 1.70 bits per heavy atom. The van der Waals surface area contributed by atoms with E-state index in [1.165, 1.54) is 23.3 Å². The standard InChI is InChI=1S/C17H18O3/c1-3-11-5-6-13(9-12(11)4-2)15-8-7-14(17(19)20)10-16(15)18/h5-10,18H,3-4H2,1-2H3,(H,19,20). The lowest BCUT2D eigenvalue weighted by molar-refractivity contribution is 0.0696. The highest BCUT2D eigenvalue weighted by Crippen LogP contribution is 2.31. The van der Waals surface area contributed by atoms with E-state index in [-0.39, 0.29) is 11.3 Å². The molecule has 2 N–H and O–H groups in total. The summed E-state index contributed by atoms with van der Waals surface area (Å²) in [6.07, 6.45) is 1.92. The molecule has 0 aliphatic rings. The summed E-state index contributed by atoms with van der Waals surface area (Å²) < 4.78 is 0. The van der Waals surface area contributed by atoms with Gasteiger partial charge in [-0.15, -0.1) is 0 Å². The zero-order valence-corrected chi connectivity index (χ0v) is 11.7. The molecule has 0 spiro atoms. The molecule has 0 amide bonds. The number of phenols is 1. The molecule has 20 heavy (non-hydrogen) atoms. The number of carboxylic acids is 1. The van der Waals surface area contributed by atoms with Gasteiger partial charge in [0.2, 0.25) is 0 Å². The topological polar surface area (TPSA) is 57.5 Å². The van der Waals surface area contributed by atoms with Crippen LogP contribution in [0, 0.1) is 0 Å². The molecule has 0 saturated carbocycles. The second kappa shape index (κ2) is 5.78. The average molecular weight is 270 g/mol. The van der Waals surface area contributed by atoms with Gasteiger partial charge in [0.1, 0.15) is 5.75 Å². The minimum absolute atomic E-state index is 0.00352. The number of aromatic carboxylic acids is 1. The first kappa shape index (κ1) is 14.1. The third-order valence-electron chi connectivity index (χ3n) is 3.52. The fraction of sp³-hybridized carbons (Fsp3) is 0.235. The van der Waals surface area contributed by atoms with Gasteiger partial charge in [-0.1, -0.05) is 32.0 Å². The van der Waals surface area contributed by atoms with E-state index in [1.54, 1.807) is 6.07 Å². The van der Waals surface area contributed by atoms with E-state index in [0.29, 0.717) is 5.56 Å². The van der Waals surface area contributed by atoms with Crippen molar-refractivity contribution in [3.05, 3.63) is 53.1 Å². The van der Waals surface area contributed by atoms with E-state index in [1.807, 2.05) is 6.07 Å². The van der Waals surface area contributed by atoms with E-state index in [2.05, 4.69) is 26.0 Å². The normalized spacial score (nSPS) is 10.5. The number of hydrogen-bond donors (Lipinski definition) is 2. The summed E-state index contributed by atoms with van der Waals surface area (Å²) in [5.74, 6) is -1.04. The maximum atomic E-state index is 10.9. The van der Waals surface area contributed by atoms with Gasteiger partial charge < -0.3 is 10.2 Å². The van der Waals surface area contributed by atoms with Gasteiger partial charge in [0.05, 0.1) is 5.56 Å². The Hall–Kier alpha value is -2.29. The molecule has 0 fully saturated rings. The Kier molecular flexibility index (Phi) is 4.08. The van der Waals surface area contributed by atoms with Crippen LogP contribution in [0.4, 0.5) is 0 Å². The van der Waals surface area contributed by atoms with Gasteiger partial charge in [0, 0.05) is 5.56 Å². The lowest BCUT2D eigenvalue weighted by Crippen LogP contribution is -1.96. The monoisotopic (exact) mass is 270 g/mol. The van der Waals surface area contributed by atoms with Crippen LogP contribution in [0.15, 0.2) is 36.4 Å². The number of carbonyl (C=O) groups is 1. The Balaban J connectivity index is 2.49. The number of phenolic OH excluding ortho intramolecular Hbond substituents is 1. The molecule has 0 radical (unpaired) electrons. The van der Waals surface area contributed by atoms with Gasteiger partial charge in [0.15, 0.2) is 0 Å². The number of benzene rings is 2. The minimum Gasteiger partial charge on any atom is -0.507 e. The van der Waals surface area contributed by atoms with Gasteiger partial charge in [-0.25, -0.2) is 4.79 Å². The Morgan fingerprint density at radius 3 is 2.25 bits per heavy atom. The molecule has 2 rings (SSSR count). The lowest BCUT2D eigenvalue weighted by Gasteiger charge is -2.11. The SMILES string of the molecule is CCc1ccc(-c2ccc(C(=O)O)cc2O)cc1CC. The van der Waals surface area contributed by atoms with Crippen molar-refractivity contribution < 1.29 is 15.0 Å². The van der Waals surface area contributed by atoms with E-state index >= 15 is 0 Å². The van der Waals surface area contributed by atoms with Crippen LogP contribution in [0.5, 0.6) is 5.75 Å². The Bertz CT molecular complexity index is 645. The molecule has 3 nitrogen and oxygen atoms in total. The molecule has 0 aliphatic heterocycles. The molecule has 0 bridgehead atoms. The second-order valence-electron chi connectivity index (χ2n) is 4.73. The maximum absolute atomic E-state index is 10.9. The van der Waals surface area contributed by atoms with Crippen LogP contribution in [-0.4, -0.2) is 16.2 Å². The third-order valence-corrected chi connectivity index (χ3v) is 3.52. The summed E-state index contributed by atoms with van der Waals surface area (Å²) in [6.45, 7) is 4.22. The van der Waals surface area contributed by atoms with Crippen LogP contribution < -0.4 is 0 Å². The van der Waals surface area contributed by atoms with Gasteiger partial charge in [-0.2, -0.15) is 0 Å². The number of aryl methyl sites for hydroxylation is 2. The van der Waals surface area contributed by atoms with Crippen LogP contribution in [0.3, 0.4) is 0 Å². The maximum Gasteiger partial charge on any atom is 0.335 e. The Labute approximate surface area is 118 Å². The van der Waals surface area contributed by atoms with Gasteiger partial charge in [-0.05, 0) is 47.7 Å². The summed E-state index contributed by atoms with van der Waals surface area (Å²) in [6, 6.07) is 10.5. The largest absolute Gasteiger partial charge is 0.507 e. The van der Waals surface area contributed by atoms with Crippen LogP contribution in [-0.2, 0) is 12.8 Å². The number of hydrogen-bond acceptors (Lipinski definition) is 2. The quantitative estimate of drug-likeness (QED) is 0.886. The van der Waals surface area contributed by atoms with Crippen LogP contribution in [0.1, 0.15) is 35.3 Å². The highest BCUT2D eigenvalue weighted by Gasteiger charge is 2.10. The third kappa shape index (κ3) is 2.67. The number of aromatic hydroxyl groups is 1. The molecule has 0 aliphatic carbocycles. The van der Waals surface area contributed by atoms with Crippen molar-refractivity contribution in [1.82, 2.24) is 0 Å². The molecule has 0 saturated heterocycles. The zero-order chi connectivity index (χ0) is 14.7. The fourth-order valence-electron chi connectivity index (χ4n) is 2.38. The minimum atomic E-state index is -1.04. The molecule has 0 unspecified atom stereocenters. The van der Waals surface area contributed by atoms with Crippen molar-refractivity contribution in [1.29, 1.82) is 0 Å². The zero-order valence-electron chi connectivity index (χ0n) is 11.7. The van der Waals surface area contributed by atoms with Crippen molar-refractivity contribution >= 4 is 5.97 Å². The number of carboxylic acid groups (broad SMARTS) is 1. The van der Waals surface area contributed by atoms with Gasteiger partial charge in [0.25, 0.3) is 0 Å². The molecule has 2 aromatic carbocycles. The summed E-state index contributed by atoms with van der Waals surface area (Å²) >= 11 is 0. The second-order valence-corrected chi connectivity index (χ2v) is 4.73. The van der Waals surface area contributed by atoms with Crippen LogP contribution in [0.25, 0.3) is 11.1 Å². The van der Waals surface area contributed by atoms with Crippen molar-refractivity contribution in [2.45, 2.75) is 26.7 Å². The molecule has 3 heteroatoms. The first-order valence-corrected chi connectivity index (χ1v) is 6.75. The molecular weight excluding hydrogens is 252 g/mol. The summed E-state index contributed by atoms with van der Waals surface area (Å²) in [7, 11) is 0. The first-order chi connectivity index (χ1) is 9.56.